The second kappa shape index (κ2) is 14.6. The van der Waals surface area contributed by atoms with E-state index in [0.29, 0.717) is 18.7 Å². The van der Waals surface area contributed by atoms with Gasteiger partial charge in [-0.1, -0.05) is 58.0 Å². The average Bonchev–Trinajstić information content (AvgIpc) is 3.46. The SMILES string of the molecule is CCCC(=O)OC(COc1ccc(C(=C(CC)c2ccc3c(c2)OCO3)c2ccc(O)cc2)cc1)CN(CC)CC. The zero-order valence-corrected chi connectivity index (χ0v) is 24.5. The Bertz CT molecular complexity index is 1310. The van der Waals surface area contributed by atoms with Crippen LogP contribution in [0, 0.1) is 0 Å². The summed E-state index contributed by atoms with van der Waals surface area (Å²) in [5, 5.41) is 9.94. The first-order valence-electron chi connectivity index (χ1n) is 14.5. The van der Waals surface area contributed by atoms with E-state index in [2.05, 4.69) is 31.7 Å². The summed E-state index contributed by atoms with van der Waals surface area (Å²) >= 11 is 0. The van der Waals surface area contributed by atoms with Gasteiger partial charge in [0, 0.05) is 13.0 Å². The van der Waals surface area contributed by atoms with Gasteiger partial charge in [0.25, 0.3) is 0 Å². The highest BCUT2D eigenvalue weighted by atomic mass is 16.7. The lowest BCUT2D eigenvalue weighted by Crippen LogP contribution is -2.38. The van der Waals surface area contributed by atoms with Gasteiger partial charge in [0.05, 0.1) is 0 Å². The number of ether oxygens (including phenoxy) is 4. The van der Waals surface area contributed by atoms with Gasteiger partial charge >= 0.3 is 5.97 Å². The van der Waals surface area contributed by atoms with Crippen LogP contribution in [0.15, 0.2) is 66.7 Å². The molecule has 0 bridgehead atoms. The molecule has 3 aromatic carbocycles. The maximum Gasteiger partial charge on any atom is 0.306 e. The number of nitrogens with zero attached hydrogens (tertiary/aromatic N) is 1. The molecule has 1 aliphatic rings. The maximum atomic E-state index is 12.2. The Morgan fingerprint density at radius 1 is 0.878 bits per heavy atom. The van der Waals surface area contributed by atoms with Crippen LogP contribution in [0.4, 0.5) is 0 Å². The number of phenolic OH excluding ortho intramolecular Hbond substituents is 1. The zero-order valence-electron chi connectivity index (χ0n) is 24.5. The average molecular weight is 560 g/mol. The lowest BCUT2D eigenvalue weighted by Gasteiger charge is -2.25. The van der Waals surface area contributed by atoms with Gasteiger partial charge in [0.15, 0.2) is 11.5 Å². The predicted molar refractivity (Wildman–Crippen MR) is 161 cm³/mol. The minimum Gasteiger partial charge on any atom is -0.508 e. The molecule has 3 aromatic rings. The second-order valence-corrected chi connectivity index (χ2v) is 10.0. The van der Waals surface area contributed by atoms with Crippen molar-refractivity contribution in [3.8, 4) is 23.0 Å². The van der Waals surface area contributed by atoms with Crippen LogP contribution in [-0.2, 0) is 9.53 Å². The highest BCUT2D eigenvalue weighted by Crippen LogP contribution is 2.40. The molecule has 0 fully saturated rings. The molecule has 0 amide bonds. The Labute approximate surface area is 243 Å². The number of allylic oxidation sites excluding steroid dienone is 1. The van der Waals surface area contributed by atoms with Crippen molar-refractivity contribution in [3.05, 3.63) is 83.4 Å². The molecular formula is C34H41NO6. The first-order chi connectivity index (χ1) is 19.9. The fraction of sp³-hybridized carbons (Fsp3) is 0.382. The van der Waals surface area contributed by atoms with Gasteiger partial charge in [-0.25, -0.2) is 0 Å². The van der Waals surface area contributed by atoms with Crippen LogP contribution in [0.5, 0.6) is 23.0 Å². The third kappa shape index (κ3) is 7.82. The number of likely N-dealkylation sites (N-methyl/N-ethyl adjacent to an activating group) is 1. The monoisotopic (exact) mass is 559 g/mol. The number of carbonyl (C=O) groups excluding carboxylic acids is 1. The second-order valence-electron chi connectivity index (χ2n) is 10.0. The number of carbonyl (C=O) groups is 1. The van der Waals surface area contributed by atoms with E-state index in [0.717, 1.165) is 65.3 Å². The van der Waals surface area contributed by atoms with Crippen LogP contribution in [0.1, 0.15) is 63.6 Å². The molecule has 1 aliphatic heterocycles. The number of esters is 1. The van der Waals surface area contributed by atoms with Crippen molar-refractivity contribution < 1.29 is 28.8 Å². The van der Waals surface area contributed by atoms with Crippen molar-refractivity contribution >= 4 is 17.1 Å². The topological polar surface area (TPSA) is 77.5 Å². The molecule has 0 saturated heterocycles. The lowest BCUT2D eigenvalue weighted by molar-refractivity contribution is -0.151. The first kappa shape index (κ1) is 30.0. The van der Waals surface area contributed by atoms with Crippen molar-refractivity contribution in [3.63, 3.8) is 0 Å². The van der Waals surface area contributed by atoms with Crippen LogP contribution < -0.4 is 14.2 Å². The first-order valence-corrected chi connectivity index (χ1v) is 14.5. The van der Waals surface area contributed by atoms with Crippen LogP contribution in [-0.4, -0.2) is 55.1 Å². The summed E-state index contributed by atoms with van der Waals surface area (Å²) in [6, 6.07) is 21.3. The van der Waals surface area contributed by atoms with Gasteiger partial charge < -0.3 is 29.0 Å². The number of phenols is 1. The molecule has 0 aliphatic carbocycles. The third-order valence-electron chi connectivity index (χ3n) is 7.22. The number of fused-ring (bicyclic) bond motifs is 1. The normalized spacial score (nSPS) is 13.6. The van der Waals surface area contributed by atoms with Crippen molar-refractivity contribution in [2.45, 2.75) is 53.1 Å². The zero-order chi connectivity index (χ0) is 29.2. The molecule has 7 heteroatoms. The van der Waals surface area contributed by atoms with E-state index < -0.39 is 0 Å². The summed E-state index contributed by atoms with van der Waals surface area (Å²) in [6.45, 7) is 11.2. The van der Waals surface area contributed by atoms with Crippen molar-refractivity contribution in [2.24, 2.45) is 0 Å². The summed E-state index contributed by atoms with van der Waals surface area (Å²) in [5.41, 5.74) is 5.27. The molecule has 1 atom stereocenters. The van der Waals surface area contributed by atoms with Gasteiger partial charge in [-0.15, -0.1) is 0 Å². The molecule has 218 valence electrons. The molecule has 7 nitrogen and oxygen atoms in total. The molecule has 0 radical (unpaired) electrons. The fourth-order valence-electron chi connectivity index (χ4n) is 5.00. The van der Waals surface area contributed by atoms with E-state index in [-0.39, 0.29) is 31.2 Å². The van der Waals surface area contributed by atoms with Gasteiger partial charge in [-0.05, 0) is 90.2 Å². The summed E-state index contributed by atoms with van der Waals surface area (Å²) in [4.78, 5) is 14.5. The minimum atomic E-state index is -0.348. The van der Waals surface area contributed by atoms with Gasteiger partial charge in [0.1, 0.15) is 24.2 Å². The van der Waals surface area contributed by atoms with Crippen molar-refractivity contribution in [2.75, 3.05) is 33.0 Å². The molecule has 0 aromatic heterocycles. The Hall–Kier alpha value is -3.97. The molecule has 0 saturated carbocycles. The molecular weight excluding hydrogens is 518 g/mol. The summed E-state index contributed by atoms with van der Waals surface area (Å²) in [6.07, 6.45) is 1.59. The molecule has 1 N–H and O–H groups in total. The van der Waals surface area contributed by atoms with Gasteiger partial charge in [0.2, 0.25) is 6.79 Å². The number of hydrogen-bond acceptors (Lipinski definition) is 7. The van der Waals surface area contributed by atoms with Crippen molar-refractivity contribution in [1.82, 2.24) is 4.90 Å². The molecule has 4 rings (SSSR count). The number of aromatic hydroxyl groups is 1. The quantitative estimate of drug-likeness (QED) is 0.170. The Morgan fingerprint density at radius 3 is 2.15 bits per heavy atom. The summed E-state index contributed by atoms with van der Waals surface area (Å²) in [7, 11) is 0. The summed E-state index contributed by atoms with van der Waals surface area (Å²) in [5.74, 6) is 2.22. The van der Waals surface area contributed by atoms with Gasteiger partial charge in [-0.3, -0.25) is 4.79 Å². The van der Waals surface area contributed by atoms with Crippen LogP contribution in [0.25, 0.3) is 11.1 Å². The third-order valence-corrected chi connectivity index (χ3v) is 7.22. The van der Waals surface area contributed by atoms with E-state index in [9.17, 15) is 9.90 Å². The molecule has 0 spiro atoms. The predicted octanol–water partition coefficient (Wildman–Crippen LogP) is 6.92. The molecule has 1 heterocycles. The lowest BCUT2D eigenvalue weighted by atomic mass is 9.88. The number of benzene rings is 3. The largest absolute Gasteiger partial charge is 0.508 e. The van der Waals surface area contributed by atoms with E-state index in [1.54, 1.807) is 12.1 Å². The van der Waals surface area contributed by atoms with Crippen LogP contribution in [0.2, 0.25) is 0 Å². The standard InChI is InChI=1S/C34H41NO6/c1-5-9-33(37)41-29(21-35(7-3)8-4)22-38-28-17-12-25(13-18-28)34(24-10-15-27(36)16-11-24)30(6-2)26-14-19-31-32(20-26)40-23-39-31/h10-20,29,36H,5-9,21-23H2,1-4H3. The highest BCUT2D eigenvalue weighted by Gasteiger charge is 2.20. The summed E-state index contributed by atoms with van der Waals surface area (Å²) < 4.78 is 23.1. The van der Waals surface area contributed by atoms with E-state index in [4.69, 9.17) is 18.9 Å². The smallest absolute Gasteiger partial charge is 0.306 e. The Balaban J connectivity index is 1.61. The van der Waals surface area contributed by atoms with Crippen LogP contribution in [0.3, 0.4) is 0 Å². The Kier molecular flexibility index (Phi) is 10.7. The van der Waals surface area contributed by atoms with E-state index >= 15 is 0 Å². The highest BCUT2D eigenvalue weighted by molar-refractivity contribution is 5.99. The fourth-order valence-corrected chi connectivity index (χ4v) is 5.00. The van der Waals surface area contributed by atoms with Gasteiger partial charge in [-0.2, -0.15) is 0 Å². The van der Waals surface area contributed by atoms with E-state index in [1.165, 1.54) is 0 Å². The number of hydrogen-bond donors (Lipinski definition) is 1. The van der Waals surface area contributed by atoms with E-state index in [1.807, 2.05) is 55.5 Å². The van der Waals surface area contributed by atoms with Crippen LogP contribution >= 0.6 is 0 Å². The molecule has 41 heavy (non-hydrogen) atoms. The Morgan fingerprint density at radius 2 is 1.51 bits per heavy atom. The minimum absolute atomic E-state index is 0.192. The number of rotatable bonds is 14. The molecule has 1 unspecified atom stereocenters. The van der Waals surface area contributed by atoms with Crippen molar-refractivity contribution in [1.29, 1.82) is 0 Å². The maximum absolute atomic E-state index is 12.2.